The van der Waals surface area contributed by atoms with Crippen LogP contribution in [-0.2, 0) is 16.1 Å². The highest BCUT2D eigenvalue weighted by atomic mass is 35.5. The van der Waals surface area contributed by atoms with Crippen LogP contribution in [-0.4, -0.2) is 30.2 Å². The minimum absolute atomic E-state index is 0.0383. The zero-order chi connectivity index (χ0) is 10.7. The molecule has 0 atom stereocenters. The monoisotopic (exact) mass is 212 g/mol. The summed E-state index contributed by atoms with van der Waals surface area (Å²) in [6.07, 6.45) is 0. The molecule has 0 N–H and O–H groups in total. The van der Waals surface area contributed by atoms with Gasteiger partial charge in [-0.25, -0.2) is 0 Å². The zero-order valence-corrected chi connectivity index (χ0v) is 8.84. The number of ether oxygens (including phenoxy) is 1. The van der Waals surface area contributed by atoms with Crippen LogP contribution in [0.25, 0.3) is 0 Å². The number of hydrogen-bond donors (Lipinski definition) is 0. The molecule has 0 aromatic carbocycles. The number of esters is 1. The van der Waals surface area contributed by atoms with Gasteiger partial charge in [0, 0.05) is 5.59 Å². The predicted octanol–water partition coefficient (Wildman–Crippen LogP) is 0.202. The summed E-state index contributed by atoms with van der Waals surface area (Å²) in [7, 11) is 5.48. The SMILES string of the molecule is [B]c1nn(CC(=O)OCC)c(C)c1Cl. The second kappa shape index (κ2) is 4.51. The largest absolute Gasteiger partial charge is 0.465 e. The lowest BCUT2D eigenvalue weighted by atomic mass is 10.1. The van der Waals surface area contributed by atoms with Crippen LogP contribution in [0, 0.1) is 6.92 Å². The molecule has 0 bridgehead atoms. The smallest absolute Gasteiger partial charge is 0.327 e. The number of rotatable bonds is 3. The van der Waals surface area contributed by atoms with Crippen molar-refractivity contribution in [2.75, 3.05) is 6.61 Å². The van der Waals surface area contributed by atoms with Crippen LogP contribution in [0.1, 0.15) is 12.6 Å². The fourth-order valence-corrected chi connectivity index (χ4v) is 1.17. The first-order valence-electron chi connectivity index (χ1n) is 4.20. The number of carbonyl (C=O) groups excluding carboxylic acids is 1. The first-order valence-corrected chi connectivity index (χ1v) is 4.58. The Morgan fingerprint density at radius 1 is 1.71 bits per heavy atom. The molecule has 14 heavy (non-hydrogen) atoms. The molecule has 0 aliphatic rings. The van der Waals surface area contributed by atoms with Crippen molar-refractivity contribution < 1.29 is 9.53 Å². The third-order valence-electron chi connectivity index (χ3n) is 1.74. The van der Waals surface area contributed by atoms with Crippen molar-refractivity contribution in [1.29, 1.82) is 0 Å². The van der Waals surface area contributed by atoms with Gasteiger partial charge in [-0.05, 0) is 13.8 Å². The Labute approximate surface area is 88.6 Å². The Kier molecular flexibility index (Phi) is 3.58. The third-order valence-corrected chi connectivity index (χ3v) is 2.21. The molecule has 0 aliphatic carbocycles. The Hall–Kier alpha value is -0.965. The minimum Gasteiger partial charge on any atom is -0.465 e. The predicted molar refractivity (Wildman–Crippen MR) is 54.0 cm³/mol. The van der Waals surface area contributed by atoms with Crippen LogP contribution in [0.15, 0.2) is 0 Å². The Morgan fingerprint density at radius 2 is 2.36 bits per heavy atom. The van der Waals surface area contributed by atoms with Gasteiger partial charge < -0.3 is 4.74 Å². The highest BCUT2D eigenvalue weighted by molar-refractivity contribution is 6.44. The number of halogens is 1. The molecular formula is C8H10BClN2O2. The molecule has 0 saturated carbocycles. The average molecular weight is 212 g/mol. The number of hydrogen-bond acceptors (Lipinski definition) is 3. The average Bonchev–Trinajstić information content (AvgIpc) is 2.34. The van der Waals surface area contributed by atoms with Gasteiger partial charge in [-0.1, -0.05) is 11.6 Å². The first kappa shape index (κ1) is 11.1. The van der Waals surface area contributed by atoms with Gasteiger partial charge in [-0.15, -0.1) is 0 Å². The molecule has 2 radical (unpaired) electrons. The van der Waals surface area contributed by atoms with E-state index in [0.717, 1.165) is 0 Å². The normalized spacial score (nSPS) is 10.2. The lowest BCUT2D eigenvalue weighted by molar-refractivity contribution is -0.144. The van der Waals surface area contributed by atoms with E-state index >= 15 is 0 Å². The molecule has 0 fully saturated rings. The van der Waals surface area contributed by atoms with Crippen molar-refractivity contribution in [3.05, 3.63) is 10.7 Å². The fourth-order valence-electron chi connectivity index (χ4n) is 1.03. The van der Waals surface area contributed by atoms with Crippen molar-refractivity contribution >= 4 is 31.0 Å². The van der Waals surface area contributed by atoms with E-state index in [1.54, 1.807) is 13.8 Å². The highest BCUT2D eigenvalue weighted by Gasteiger charge is 2.11. The van der Waals surface area contributed by atoms with Gasteiger partial charge in [0.25, 0.3) is 0 Å². The summed E-state index contributed by atoms with van der Waals surface area (Å²) < 4.78 is 6.19. The zero-order valence-electron chi connectivity index (χ0n) is 8.08. The van der Waals surface area contributed by atoms with E-state index in [2.05, 4.69) is 5.10 Å². The third kappa shape index (κ3) is 2.29. The summed E-state index contributed by atoms with van der Waals surface area (Å²) in [6.45, 7) is 3.87. The number of aromatic nitrogens is 2. The van der Waals surface area contributed by atoms with Crippen molar-refractivity contribution in [2.45, 2.75) is 20.4 Å². The van der Waals surface area contributed by atoms with E-state index in [9.17, 15) is 4.79 Å². The van der Waals surface area contributed by atoms with Crippen LogP contribution < -0.4 is 5.59 Å². The molecule has 0 aliphatic heterocycles. The molecule has 0 unspecified atom stereocenters. The van der Waals surface area contributed by atoms with E-state index in [0.29, 0.717) is 17.3 Å². The molecule has 4 nitrogen and oxygen atoms in total. The van der Waals surface area contributed by atoms with Crippen LogP contribution >= 0.6 is 11.6 Å². The molecule has 1 heterocycles. The molecule has 74 valence electrons. The molecule has 0 spiro atoms. The summed E-state index contributed by atoms with van der Waals surface area (Å²) in [5.74, 6) is -0.352. The van der Waals surface area contributed by atoms with Crippen molar-refractivity contribution in [2.24, 2.45) is 0 Å². The lowest BCUT2D eigenvalue weighted by Crippen LogP contribution is -2.17. The van der Waals surface area contributed by atoms with E-state index in [1.165, 1.54) is 4.68 Å². The van der Waals surface area contributed by atoms with E-state index in [-0.39, 0.29) is 18.1 Å². The maximum Gasteiger partial charge on any atom is 0.327 e. The van der Waals surface area contributed by atoms with Gasteiger partial charge >= 0.3 is 5.97 Å². The molecule has 1 aromatic heterocycles. The molecular weight excluding hydrogens is 202 g/mol. The van der Waals surface area contributed by atoms with Gasteiger partial charge in [0.2, 0.25) is 0 Å². The molecule has 0 amide bonds. The van der Waals surface area contributed by atoms with Gasteiger partial charge in [0.15, 0.2) is 0 Å². The maximum absolute atomic E-state index is 11.1. The Morgan fingerprint density at radius 3 is 2.79 bits per heavy atom. The van der Waals surface area contributed by atoms with Gasteiger partial charge in [0.05, 0.1) is 17.3 Å². The summed E-state index contributed by atoms with van der Waals surface area (Å²) in [5.41, 5.74) is 0.894. The fraction of sp³-hybridized carbons (Fsp3) is 0.500. The van der Waals surface area contributed by atoms with Crippen molar-refractivity contribution in [1.82, 2.24) is 9.78 Å². The summed E-state index contributed by atoms with van der Waals surface area (Å²) in [5, 5.41) is 4.28. The molecule has 6 heteroatoms. The number of nitrogens with zero attached hydrogens (tertiary/aromatic N) is 2. The summed E-state index contributed by atoms with van der Waals surface area (Å²) in [4.78, 5) is 11.1. The van der Waals surface area contributed by atoms with E-state index in [4.69, 9.17) is 24.2 Å². The van der Waals surface area contributed by atoms with E-state index in [1.807, 2.05) is 0 Å². The maximum atomic E-state index is 11.1. The second-order valence-corrected chi connectivity index (χ2v) is 3.13. The van der Waals surface area contributed by atoms with Crippen molar-refractivity contribution in [3.8, 4) is 0 Å². The molecule has 1 aromatic rings. The number of carbonyl (C=O) groups is 1. The summed E-state index contributed by atoms with van der Waals surface area (Å²) in [6, 6.07) is 0. The summed E-state index contributed by atoms with van der Waals surface area (Å²) >= 11 is 5.80. The van der Waals surface area contributed by atoms with Gasteiger partial charge in [-0.3, -0.25) is 9.48 Å². The van der Waals surface area contributed by atoms with Crippen LogP contribution in [0.5, 0.6) is 0 Å². The minimum atomic E-state index is -0.352. The van der Waals surface area contributed by atoms with Crippen molar-refractivity contribution in [3.63, 3.8) is 0 Å². The van der Waals surface area contributed by atoms with E-state index < -0.39 is 0 Å². The van der Waals surface area contributed by atoms with Gasteiger partial charge in [-0.2, -0.15) is 5.10 Å². The Balaban J connectivity index is 2.77. The highest BCUT2D eigenvalue weighted by Crippen LogP contribution is 2.10. The second-order valence-electron chi connectivity index (χ2n) is 2.75. The Bertz CT molecular complexity index is 351. The lowest BCUT2D eigenvalue weighted by Gasteiger charge is -2.03. The standard InChI is InChI=1S/C8H10BClN2O2/c1-3-14-6(13)4-12-5(2)7(10)8(9)11-12/h3-4H2,1-2H3. The quantitative estimate of drug-likeness (QED) is 0.531. The topological polar surface area (TPSA) is 44.1 Å². The van der Waals surface area contributed by atoms with Crippen LogP contribution in [0.4, 0.5) is 0 Å². The first-order chi connectivity index (χ1) is 6.56. The van der Waals surface area contributed by atoms with Gasteiger partial charge in [0.1, 0.15) is 14.4 Å². The molecule has 1 rings (SSSR count). The van der Waals surface area contributed by atoms with Crippen LogP contribution in [0.2, 0.25) is 5.02 Å². The molecule has 0 saturated heterocycles. The van der Waals surface area contributed by atoms with Crippen LogP contribution in [0.3, 0.4) is 0 Å².